The largest absolute Gasteiger partial charge is 0.321 e. The van der Waals surface area contributed by atoms with Gasteiger partial charge in [-0.05, 0) is 36.1 Å². The summed E-state index contributed by atoms with van der Waals surface area (Å²) in [5.74, 6) is 0. The topological polar surface area (TPSA) is 26.0 Å². The Morgan fingerprint density at radius 3 is 2.76 bits per heavy atom. The van der Waals surface area contributed by atoms with E-state index >= 15 is 0 Å². The molecule has 90 valence electrons. The second kappa shape index (κ2) is 5.11. The lowest BCUT2D eigenvalue weighted by molar-refractivity contribution is 0.495. The third-order valence-corrected chi connectivity index (χ3v) is 4.35. The normalized spacial score (nSPS) is 14.6. The van der Waals surface area contributed by atoms with Crippen molar-refractivity contribution in [3.63, 3.8) is 0 Å². The Morgan fingerprint density at radius 1 is 1.41 bits per heavy atom. The van der Waals surface area contributed by atoms with Crippen LogP contribution in [0.25, 0.3) is 0 Å². The van der Waals surface area contributed by atoms with Gasteiger partial charge >= 0.3 is 0 Å². The van der Waals surface area contributed by atoms with Crippen molar-refractivity contribution in [1.29, 1.82) is 0 Å². The van der Waals surface area contributed by atoms with Crippen molar-refractivity contribution in [2.45, 2.75) is 18.9 Å². The van der Waals surface area contributed by atoms with Crippen molar-refractivity contribution in [1.82, 2.24) is 0 Å². The molecular formula is C13H13BrClNS. The van der Waals surface area contributed by atoms with Gasteiger partial charge in [-0.1, -0.05) is 39.7 Å². The summed E-state index contributed by atoms with van der Waals surface area (Å²) < 4.78 is 0.971. The average Bonchev–Trinajstić information content (AvgIpc) is 2.68. The van der Waals surface area contributed by atoms with Crippen LogP contribution in [0.15, 0.2) is 40.2 Å². The first kappa shape index (κ1) is 13.1. The van der Waals surface area contributed by atoms with E-state index in [0.717, 1.165) is 16.5 Å². The van der Waals surface area contributed by atoms with Gasteiger partial charge in [0.1, 0.15) is 0 Å². The Balaban J connectivity index is 2.30. The smallest absolute Gasteiger partial charge is 0.0467 e. The van der Waals surface area contributed by atoms with Gasteiger partial charge in [-0.15, -0.1) is 11.3 Å². The molecule has 0 aliphatic carbocycles. The Bertz CT molecular complexity index is 508. The maximum Gasteiger partial charge on any atom is 0.0467 e. The number of hydrogen-bond acceptors (Lipinski definition) is 2. The van der Waals surface area contributed by atoms with Crippen molar-refractivity contribution in [2.24, 2.45) is 5.73 Å². The summed E-state index contributed by atoms with van der Waals surface area (Å²) in [5, 5.41) is 2.77. The molecule has 1 unspecified atom stereocenters. The van der Waals surface area contributed by atoms with E-state index in [1.165, 1.54) is 4.88 Å². The Morgan fingerprint density at radius 2 is 2.18 bits per heavy atom. The van der Waals surface area contributed by atoms with E-state index in [-0.39, 0.29) is 0 Å². The van der Waals surface area contributed by atoms with E-state index < -0.39 is 5.54 Å². The van der Waals surface area contributed by atoms with Crippen molar-refractivity contribution < 1.29 is 0 Å². The molecule has 2 rings (SSSR count). The van der Waals surface area contributed by atoms with Gasteiger partial charge in [-0.3, -0.25) is 0 Å². The van der Waals surface area contributed by atoms with Crippen LogP contribution in [0.1, 0.15) is 17.4 Å². The lowest BCUT2D eigenvalue weighted by Gasteiger charge is -2.26. The zero-order valence-electron chi connectivity index (χ0n) is 9.41. The van der Waals surface area contributed by atoms with Gasteiger partial charge in [0, 0.05) is 26.3 Å². The molecule has 1 aromatic carbocycles. The SMILES string of the molecule is CC(N)(Cc1cccs1)c1ccc(Br)cc1Cl. The van der Waals surface area contributed by atoms with Crippen LogP contribution in [0.3, 0.4) is 0 Å². The lowest BCUT2D eigenvalue weighted by Crippen LogP contribution is -2.35. The van der Waals surface area contributed by atoms with Crippen molar-refractivity contribution in [2.75, 3.05) is 0 Å². The molecule has 0 saturated heterocycles. The van der Waals surface area contributed by atoms with Crippen molar-refractivity contribution >= 4 is 38.9 Å². The monoisotopic (exact) mass is 329 g/mol. The van der Waals surface area contributed by atoms with Gasteiger partial charge in [0.2, 0.25) is 0 Å². The quantitative estimate of drug-likeness (QED) is 0.876. The zero-order valence-corrected chi connectivity index (χ0v) is 12.6. The number of benzene rings is 1. The van der Waals surface area contributed by atoms with E-state index in [1.807, 2.05) is 31.2 Å². The molecule has 2 N–H and O–H groups in total. The van der Waals surface area contributed by atoms with Crippen LogP contribution in [0.2, 0.25) is 5.02 Å². The summed E-state index contributed by atoms with van der Waals surface area (Å²) in [6.07, 6.45) is 0.798. The van der Waals surface area contributed by atoms with Gasteiger partial charge in [-0.2, -0.15) is 0 Å². The second-order valence-corrected chi connectivity index (χ2v) is 6.65. The van der Waals surface area contributed by atoms with E-state index in [1.54, 1.807) is 11.3 Å². The van der Waals surface area contributed by atoms with E-state index in [0.29, 0.717) is 5.02 Å². The van der Waals surface area contributed by atoms with Crippen LogP contribution in [-0.2, 0) is 12.0 Å². The molecule has 0 bridgehead atoms. The fraction of sp³-hybridized carbons (Fsp3) is 0.231. The third kappa shape index (κ3) is 3.10. The lowest BCUT2D eigenvalue weighted by atomic mass is 9.89. The van der Waals surface area contributed by atoms with Gasteiger partial charge in [0.05, 0.1) is 0 Å². The fourth-order valence-electron chi connectivity index (χ4n) is 1.82. The first-order chi connectivity index (χ1) is 7.99. The van der Waals surface area contributed by atoms with Crippen LogP contribution >= 0.6 is 38.9 Å². The molecule has 0 amide bonds. The summed E-state index contributed by atoms with van der Waals surface area (Å²) in [6, 6.07) is 9.99. The molecule has 0 aliphatic heterocycles. The minimum Gasteiger partial charge on any atom is -0.321 e. The highest BCUT2D eigenvalue weighted by Crippen LogP contribution is 2.32. The molecule has 1 atom stereocenters. The first-order valence-electron chi connectivity index (χ1n) is 5.26. The van der Waals surface area contributed by atoms with Crippen LogP contribution in [0, 0.1) is 0 Å². The molecule has 1 heterocycles. The van der Waals surface area contributed by atoms with Crippen LogP contribution in [-0.4, -0.2) is 0 Å². The predicted octanol–water partition coefficient (Wildman–Crippen LogP) is 4.58. The Labute approximate surface area is 119 Å². The minimum atomic E-state index is -0.442. The standard InChI is InChI=1S/C13H13BrClNS/c1-13(16,8-10-3-2-6-17-10)11-5-4-9(14)7-12(11)15/h2-7H,8,16H2,1H3. The number of halogens is 2. The molecule has 0 saturated carbocycles. The maximum atomic E-state index is 6.39. The van der Waals surface area contributed by atoms with Gasteiger partial charge in [0.15, 0.2) is 0 Å². The Hall–Kier alpha value is -0.350. The summed E-state index contributed by atoms with van der Waals surface area (Å²) in [6.45, 7) is 2.02. The highest BCUT2D eigenvalue weighted by molar-refractivity contribution is 9.10. The van der Waals surface area contributed by atoms with Gasteiger partial charge in [-0.25, -0.2) is 0 Å². The molecule has 4 heteroatoms. The molecule has 0 radical (unpaired) electrons. The second-order valence-electron chi connectivity index (χ2n) is 4.30. The van der Waals surface area contributed by atoms with Crippen LogP contribution < -0.4 is 5.73 Å². The molecular weight excluding hydrogens is 318 g/mol. The minimum absolute atomic E-state index is 0.442. The van der Waals surface area contributed by atoms with Gasteiger partial charge < -0.3 is 5.73 Å². The number of thiophene rings is 1. The number of nitrogens with two attached hydrogens (primary N) is 1. The first-order valence-corrected chi connectivity index (χ1v) is 7.31. The number of rotatable bonds is 3. The van der Waals surface area contributed by atoms with E-state index in [4.69, 9.17) is 17.3 Å². The molecule has 0 aliphatic rings. The fourth-order valence-corrected chi connectivity index (χ4v) is 3.58. The third-order valence-electron chi connectivity index (χ3n) is 2.67. The summed E-state index contributed by atoms with van der Waals surface area (Å²) in [4.78, 5) is 1.27. The van der Waals surface area contributed by atoms with Crippen molar-refractivity contribution in [3.8, 4) is 0 Å². The maximum absolute atomic E-state index is 6.39. The average molecular weight is 331 g/mol. The van der Waals surface area contributed by atoms with E-state index in [9.17, 15) is 0 Å². The molecule has 2 aromatic rings. The summed E-state index contributed by atoms with van der Waals surface area (Å²) in [7, 11) is 0. The molecule has 0 spiro atoms. The van der Waals surface area contributed by atoms with Crippen LogP contribution in [0.4, 0.5) is 0 Å². The highest BCUT2D eigenvalue weighted by atomic mass is 79.9. The summed E-state index contributed by atoms with van der Waals surface area (Å²) >= 11 is 11.4. The van der Waals surface area contributed by atoms with Gasteiger partial charge in [0.25, 0.3) is 0 Å². The molecule has 1 nitrogen and oxygen atoms in total. The zero-order chi connectivity index (χ0) is 12.5. The number of hydrogen-bond donors (Lipinski definition) is 1. The highest BCUT2D eigenvalue weighted by Gasteiger charge is 2.24. The van der Waals surface area contributed by atoms with E-state index in [2.05, 4.69) is 27.4 Å². The molecule has 0 fully saturated rings. The molecule has 17 heavy (non-hydrogen) atoms. The summed E-state index contributed by atoms with van der Waals surface area (Å²) in [5.41, 5.74) is 6.93. The van der Waals surface area contributed by atoms with Crippen molar-refractivity contribution in [3.05, 3.63) is 55.6 Å². The predicted molar refractivity (Wildman–Crippen MR) is 78.7 cm³/mol. The Kier molecular flexibility index (Phi) is 3.93. The molecule has 1 aromatic heterocycles. The van der Waals surface area contributed by atoms with Crippen LogP contribution in [0.5, 0.6) is 0 Å².